The Kier molecular flexibility index (Phi) is 5.84. The highest BCUT2D eigenvalue weighted by Crippen LogP contribution is 2.27. The van der Waals surface area contributed by atoms with Crippen molar-refractivity contribution in [3.8, 4) is 6.07 Å². The molecule has 7 nitrogen and oxygen atoms in total. The molecule has 1 amide bonds. The predicted molar refractivity (Wildman–Crippen MR) is 90.2 cm³/mol. The van der Waals surface area contributed by atoms with Crippen molar-refractivity contribution in [2.24, 2.45) is 0 Å². The highest BCUT2D eigenvalue weighted by molar-refractivity contribution is 7.99. The summed E-state index contributed by atoms with van der Waals surface area (Å²) in [5.74, 6) is 0.0539. The molecule has 120 valence electrons. The van der Waals surface area contributed by atoms with Gasteiger partial charge < -0.3 is 11.1 Å². The van der Waals surface area contributed by atoms with E-state index in [1.165, 1.54) is 16.3 Å². The second-order valence-corrected chi connectivity index (χ2v) is 5.90. The number of nitrogen functional groups attached to an aromatic ring is 1. The van der Waals surface area contributed by atoms with Crippen LogP contribution in [-0.2, 0) is 4.79 Å². The first kappa shape index (κ1) is 17.1. The highest BCUT2D eigenvalue weighted by Gasteiger charge is 2.25. The number of halogens is 1. The van der Waals surface area contributed by atoms with Crippen molar-refractivity contribution in [3.05, 3.63) is 29.3 Å². The molecule has 3 N–H and O–H groups in total. The summed E-state index contributed by atoms with van der Waals surface area (Å²) in [6, 6.07) is 8.39. The third-order valence-electron chi connectivity index (χ3n) is 3.09. The summed E-state index contributed by atoms with van der Waals surface area (Å²) in [4.78, 5) is 12.6. The fourth-order valence-corrected chi connectivity index (χ4v) is 2.88. The van der Waals surface area contributed by atoms with Gasteiger partial charge in [0, 0.05) is 0 Å². The molecule has 0 saturated carbocycles. The predicted octanol–water partition coefficient (Wildman–Crippen LogP) is 2.72. The monoisotopic (exact) mass is 350 g/mol. The van der Waals surface area contributed by atoms with Crippen LogP contribution in [0, 0.1) is 11.3 Å². The van der Waals surface area contributed by atoms with E-state index >= 15 is 0 Å². The third kappa shape index (κ3) is 3.94. The van der Waals surface area contributed by atoms with E-state index in [0.717, 1.165) is 0 Å². The Bertz CT molecular complexity index is 741. The molecule has 1 aromatic heterocycles. The van der Waals surface area contributed by atoms with E-state index in [0.29, 0.717) is 22.3 Å². The number of nitrogens with zero attached hydrogens (tertiary/aromatic N) is 4. The number of amides is 1. The quantitative estimate of drug-likeness (QED) is 0.775. The second kappa shape index (κ2) is 7.85. The van der Waals surface area contributed by atoms with Gasteiger partial charge in [-0.25, -0.2) is 0 Å². The Hall–Kier alpha value is -2.24. The minimum atomic E-state index is -0.595. The molecule has 9 heteroatoms. The summed E-state index contributed by atoms with van der Waals surface area (Å²) < 4.78 is 1.54. The van der Waals surface area contributed by atoms with Gasteiger partial charge in [-0.2, -0.15) is 5.26 Å². The molecule has 0 spiro atoms. The number of aromatic nitrogens is 3. The zero-order valence-corrected chi connectivity index (χ0v) is 13.9. The van der Waals surface area contributed by atoms with Crippen molar-refractivity contribution >= 4 is 40.9 Å². The maximum Gasteiger partial charge on any atom is 0.247 e. The number of carbonyl (C=O) groups excluding carboxylic acids is 1. The number of rotatable bonds is 6. The van der Waals surface area contributed by atoms with Crippen molar-refractivity contribution in [1.29, 1.82) is 5.26 Å². The van der Waals surface area contributed by atoms with Crippen molar-refractivity contribution in [1.82, 2.24) is 14.8 Å². The van der Waals surface area contributed by atoms with Crippen molar-refractivity contribution in [2.45, 2.75) is 24.5 Å². The summed E-state index contributed by atoms with van der Waals surface area (Å²) >= 11 is 7.24. The van der Waals surface area contributed by atoms with E-state index in [9.17, 15) is 4.79 Å². The normalized spacial score (nSPS) is 11.7. The highest BCUT2D eigenvalue weighted by atomic mass is 35.5. The SMILES string of the molecule is CCC(C(=O)Nc1ccccc1Cl)n1c(N)nnc1SCC#N. The van der Waals surface area contributed by atoms with E-state index < -0.39 is 6.04 Å². The molecule has 1 atom stereocenters. The third-order valence-corrected chi connectivity index (χ3v) is 4.23. The molecule has 23 heavy (non-hydrogen) atoms. The zero-order chi connectivity index (χ0) is 16.8. The van der Waals surface area contributed by atoms with Gasteiger partial charge in [0.15, 0.2) is 5.16 Å². The number of benzene rings is 1. The maximum atomic E-state index is 12.6. The van der Waals surface area contributed by atoms with Crippen LogP contribution in [0.1, 0.15) is 19.4 Å². The van der Waals surface area contributed by atoms with Gasteiger partial charge in [-0.3, -0.25) is 9.36 Å². The van der Waals surface area contributed by atoms with E-state index in [1.807, 2.05) is 13.0 Å². The van der Waals surface area contributed by atoms with Crippen molar-refractivity contribution < 1.29 is 4.79 Å². The van der Waals surface area contributed by atoms with Crippen LogP contribution in [0.3, 0.4) is 0 Å². The molecule has 0 aliphatic heterocycles. The van der Waals surface area contributed by atoms with Crippen LogP contribution in [-0.4, -0.2) is 26.4 Å². The van der Waals surface area contributed by atoms with E-state index in [2.05, 4.69) is 15.5 Å². The van der Waals surface area contributed by atoms with Crippen LogP contribution < -0.4 is 11.1 Å². The van der Waals surface area contributed by atoms with Crippen molar-refractivity contribution in [2.75, 3.05) is 16.8 Å². The van der Waals surface area contributed by atoms with Gasteiger partial charge >= 0.3 is 0 Å². The lowest BCUT2D eigenvalue weighted by Gasteiger charge is -2.19. The Labute approximate surface area is 142 Å². The van der Waals surface area contributed by atoms with E-state index in [4.69, 9.17) is 22.6 Å². The molecule has 1 aromatic carbocycles. The molecule has 1 unspecified atom stereocenters. The molecule has 0 aliphatic carbocycles. The van der Waals surface area contributed by atoms with Crippen LogP contribution >= 0.6 is 23.4 Å². The smallest absolute Gasteiger partial charge is 0.247 e. The summed E-state index contributed by atoms with van der Waals surface area (Å²) in [6.45, 7) is 1.86. The molecule has 0 bridgehead atoms. The minimum Gasteiger partial charge on any atom is -0.368 e. The summed E-state index contributed by atoms with van der Waals surface area (Å²) in [7, 11) is 0. The van der Waals surface area contributed by atoms with Crippen LogP contribution in [0.25, 0.3) is 0 Å². The minimum absolute atomic E-state index is 0.131. The number of nitrogens with one attached hydrogen (secondary N) is 1. The Morgan fingerprint density at radius 3 is 2.91 bits per heavy atom. The number of nitriles is 1. The summed E-state index contributed by atoms with van der Waals surface area (Å²) in [5.41, 5.74) is 6.36. The van der Waals surface area contributed by atoms with Gasteiger partial charge in [-0.05, 0) is 18.6 Å². The topological polar surface area (TPSA) is 110 Å². The van der Waals surface area contributed by atoms with Crippen LogP contribution in [0.2, 0.25) is 5.02 Å². The number of hydrogen-bond acceptors (Lipinski definition) is 6. The second-order valence-electron chi connectivity index (χ2n) is 4.55. The van der Waals surface area contributed by atoms with Crippen LogP contribution in [0.15, 0.2) is 29.4 Å². The number of carbonyl (C=O) groups is 1. The average Bonchev–Trinajstić information content (AvgIpc) is 2.89. The van der Waals surface area contributed by atoms with Gasteiger partial charge in [0.05, 0.1) is 22.5 Å². The molecule has 0 radical (unpaired) electrons. The Morgan fingerprint density at radius 1 is 1.52 bits per heavy atom. The van der Waals surface area contributed by atoms with Gasteiger partial charge in [0.2, 0.25) is 11.9 Å². The summed E-state index contributed by atoms with van der Waals surface area (Å²) in [5, 5.41) is 20.1. The molecular weight excluding hydrogens is 336 g/mol. The van der Waals surface area contributed by atoms with Crippen LogP contribution in [0.5, 0.6) is 0 Å². The number of para-hydroxylation sites is 1. The van der Waals surface area contributed by atoms with Gasteiger partial charge in [0.1, 0.15) is 6.04 Å². The Balaban J connectivity index is 2.26. The number of anilines is 2. The molecule has 0 saturated heterocycles. The van der Waals surface area contributed by atoms with E-state index in [-0.39, 0.29) is 17.6 Å². The summed E-state index contributed by atoms with van der Waals surface area (Å²) in [6.07, 6.45) is 0.485. The molecule has 0 fully saturated rings. The molecule has 2 aromatic rings. The zero-order valence-electron chi connectivity index (χ0n) is 12.4. The first-order valence-corrected chi connectivity index (χ1v) is 8.20. The lowest BCUT2D eigenvalue weighted by atomic mass is 10.2. The lowest BCUT2D eigenvalue weighted by molar-refractivity contribution is -0.119. The number of hydrogen-bond donors (Lipinski definition) is 2. The van der Waals surface area contributed by atoms with Crippen LogP contribution in [0.4, 0.5) is 11.6 Å². The fourth-order valence-electron chi connectivity index (χ4n) is 2.04. The first-order valence-electron chi connectivity index (χ1n) is 6.84. The molecule has 1 heterocycles. The number of thioether (sulfide) groups is 1. The van der Waals surface area contributed by atoms with Gasteiger partial charge in [-0.1, -0.05) is 42.4 Å². The Morgan fingerprint density at radius 2 is 2.26 bits per heavy atom. The average molecular weight is 351 g/mol. The maximum absolute atomic E-state index is 12.6. The van der Waals surface area contributed by atoms with Gasteiger partial charge in [0.25, 0.3) is 0 Å². The molecule has 0 aliphatic rings. The molecule has 2 rings (SSSR count). The first-order chi connectivity index (χ1) is 11.1. The largest absolute Gasteiger partial charge is 0.368 e. The standard InChI is InChI=1S/C14H15ClN6OS/c1-2-11(12(22)18-10-6-4-3-5-9(10)15)21-13(17)19-20-14(21)23-8-7-16/h3-6,11H,2,8H2,1H3,(H2,17,19)(H,18,22). The van der Waals surface area contributed by atoms with Crippen molar-refractivity contribution in [3.63, 3.8) is 0 Å². The van der Waals surface area contributed by atoms with E-state index in [1.54, 1.807) is 24.3 Å². The lowest BCUT2D eigenvalue weighted by Crippen LogP contribution is -2.27. The number of nitrogens with two attached hydrogens (primary N) is 1. The fraction of sp³-hybridized carbons (Fsp3) is 0.286. The molecular formula is C14H15ClN6OS. The van der Waals surface area contributed by atoms with Gasteiger partial charge in [-0.15, -0.1) is 10.2 Å².